The van der Waals surface area contributed by atoms with Gasteiger partial charge in [0.2, 0.25) is 5.95 Å². The van der Waals surface area contributed by atoms with E-state index in [4.69, 9.17) is 10.5 Å². The number of hydrogen-bond donors (Lipinski definition) is 1. The molecule has 0 radical (unpaired) electrons. The molecular formula is C8H11N7O2. The average Bonchev–Trinajstić information content (AvgIpc) is 2.85. The molecule has 0 aromatic carbocycles. The summed E-state index contributed by atoms with van der Waals surface area (Å²) in [7, 11) is 1.73. The monoisotopic (exact) mass is 237 g/mol. The first-order valence-corrected chi connectivity index (χ1v) is 4.79. The van der Waals surface area contributed by atoms with Gasteiger partial charge in [-0.15, -0.1) is 10.2 Å². The Morgan fingerprint density at radius 1 is 1.59 bits per heavy atom. The van der Waals surface area contributed by atoms with Crippen LogP contribution in [0.15, 0.2) is 12.5 Å². The number of esters is 1. The fourth-order valence-corrected chi connectivity index (χ4v) is 1.18. The minimum Gasteiger partial charge on any atom is -0.458 e. The van der Waals surface area contributed by atoms with Crippen LogP contribution in [0.5, 0.6) is 0 Å². The van der Waals surface area contributed by atoms with Crippen LogP contribution >= 0.6 is 0 Å². The van der Waals surface area contributed by atoms with Gasteiger partial charge in [-0.1, -0.05) is 5.21 Å². The Balaban J connectivity index is 1.82. The van der Waals surface area contributed by atoms with Gasteiger partial charge in [0.1, 0.15) is 25.2 Å². The van der Waals surface area contributed by atoms with Gasteiger partial charge in [-0.3, -0.25) is 9.48 Å². The van der Waals surface area contributed by atoms with E-state index in [0.717, 1.165) is 0 Å². The van der Waals surface area contributed by atoms with E-state index in [0.29, 0.717) is 5.69 Å². The van der Waals surface area contributed by atoms with Crippen LogP contribution in [-0.4, -0.2) is 35.7 Å². The summed E-state index contributed by atoms with van der Waals surface area (Å²) in [5.74, 6) is -0.327. The molecule has 2 rings (SSSR count). The summed E-state index contributed by atoms with van der Waals surface area (Å²) >= 11 is 0. The molecule has 9 heteroatoms. The number of aromatic nitrogens is 6. The number of anilines is 1. The maximum Gasteiger partial charge on any atom is 0.328 e. The second-order valence-electron chi connectivity index (χ2n) is 3.34. The Bertz CT molecular complexity index is 517. The molecule has 0 saturated heterocycles. The summed E-state index contributed by atoms with van der Waals surface area (Å²) in [6.45, 7) is 0.0430. The second kappa shape index (κ2) is 4.60. The van der Waals surface area contributed by atoms with E-state index in [9.17, 15) is 4.79 Å². The van der Waals surface area contributed by atoms with Crippen molar-refractivity contribution < 1.29 is 9.53 Å². The van der Waals surface area contributed by atoms with Gasteiger partial charge in [0.15, 0.2) is 0 Å². The van der Waals surface area contributed by atoms with Crippen molar-refractivity contribution in [2.75, 3.05) is 5.73 Å². The molecule has 2 aromatic rings. The van der Waals surface area contributed by atoms with Crippen molar-refractivity contribution in [3.63, 3.8) is 0 Å². The quantitative estimate of drug-likeness (QED) is 0.659. The highest BCUT2D eigenvalue weighted by molar-refractivity contribution is 5.68. The van der Waals surface area contributed by atoms with E-state index in [1.807, 2.05) is 0 Å². The third kappa shape index (κ3) is 3.00. The van der Waals surface area contributed by atoms with Crippen molar-refractivity contribution in [2.45, 2.75) is 13.2 Å². The zero-order valence-corrected chi connectivity index (χ0v) is 9.15. The number of carbonyl (C=O) groups excluding carboxylic acids is 1. The standard InChI is InChI=1S/C8H11N7O2/c1-14-2-6(11-13-14)4-17-7(16)3-15-5-10-8(9)12-15/h2,5H,3-4H2,1H3,(H2,9,12). The molecule has 2 N–H and O–H groups in total. The molecule has 90 valence electrons. The molecule has 0 amide bonds. The lowest BCUT2D eigenvalue weighted by atomic mass is 10.5. The number of aryl methyl sites for hydroxylation is 1. The van der Waals surface area contributed by atoms with Gasteiger partial charge in [-0.2, -0.15) is 0 Å². The van der Waals surface area contributed by atoms with Crippen molar-refractivity contribution in [2.24, 2.45) is 7.05 Å². The van der Waals surface area contributed by atoms with Crippen LogP contribution in [0.25, 0.3) is 0 Å². The fourth-order valence-electron chi connectivity index (χ4n) is 1.18. The van der Waals surface area contributed by atoms with Gasteiger partial charge < -0.3 is 10.5 Å². The lowest BCUT2D eigenvalue weighted by molar-refractivity contribution is -0.146. The molecule has 0 spiro atoms. The number of nitrogen functional groups attached to an aromatic ring is 1. The van der Waals surface area contributed by atoms with Crippen molar-refractivity contribution in [1.82, 2.24) is 29.8 Å². The number of hydrogen-bond acceptors (Lipinski definition) is 7. The highest BCUT2D eigenvalue weighted by atomic mass is 16.5. The molecule has 17 heavy (non-hydrogen) atoms. The van der Waals surface area contributed by atoms with E-state index in [1.165, 1.54) is 15.7 Å². The summed E-state index contributed by atoms with van der Waals surface area (Å²) in [5.41, 5.74) is 5.89. The number of carbonyl (C=O) groups is 1. The molecule has 0 fully saturated rings. The Morgan fingerprint density at radius 2 is 2.41 bits per heavy atom. The molecule has 0 bridgehead atoms. The Labute approximate surface area is 96.2 Å². The number of ether oxygens (including phenoxy) is 1. The molecule has 2 aromatic heterocycles. The Kier molecular flexibility index (Phi) is 2.99. The average molecular weight is 237 g/mol. The summed E-state index contributed by atoms with van der Waals surface area (Å²) in [5, 5.41) is 11.3. The van der Waals surface area contributed by atoms with Crippen LogP contribution in [-0.2, 0) is 29.7 Å². The van der Waals surface area contributed by atoms with E-state index in [-0.39, 0.29) is 19.1 Å². The highest BCUT2D eigenvalue weighted by Gasteiger charge is 2.07. The predicted molar refractivity (Wildman–Crippen MR) is 55.2 cm³/mol. The largest absolute Gasteiger partial charge is 0.458 e. The minimum atomic E-state index is -0.444. The van der Waals surface area contributed by atoms with Crippen molar-refractivity contribution >= 4 is 11.9 Å². The molecular weight excluding hydrogens is 226 g/mol. The molecule has 0 saturated carbocycles. The van der Waals surface area contributed by atoms with Gasteiger partial charge in [0, 0.05) is 7.05 Å². The van der Waals surface area contributed by atoms with Crippen molar-refractivity contribution in [3.05, 3.63) is 18.2 Å². The summed E-state index contributed by atoms with van der Waals surface area (Å²) in [6, 6.07) is 0. The molecule has 0 atom stereocenters. The van der Waals surface area contributed by atoms with Crippen LogP contribution in [0.1, 0.15) is 5.69 Å². The third-order valence-corrected chi connectivity index (χ3v) is 1.88. The SMILES string of the molecule is Cn1cc(COC(=O)Cn2cnc(N)n2)nn1. The van der Waals surface area contributed by atoms with Crippen molar-refractivity contribution in [1.29, 1.82) is 0 Å². The maximum atomic E-state index is 11.4. The molecule has 9 nitrogen and oxygen atoms in total. The zero-order chi connectivity index (χ0) is 12.3. The van der Waals surface area contributed by atoms with E-state index >= 15 is 0 Å². The summed E-state index contributed by atoms with van der Waals surface area (Å²) in [6.07, 6.45) is 3.03. The lowest BCUT2D eigenvalue weighted by Gasteiger charge is -2.01. The maximum absolute atomic E-state index is 11.4. The molecule has 0 aliphatic carbocycles. The van der Waals surface area contributed by atoms with Crippen LogP contribution < -0.4 is 5.73 Å². The highest BCUT2D eigenvalue weighted by Crippen LogP contribution is 1.97. The normalized spacial score (nSPS) is 10.4. The summed E-state index contributed by atoms with van der Waals surface area (Å²) < 4.78 is 7.80. The molecule has 0 aliphatic heterocycles. The van der Waals surface area contributed by atoms with E-state index < -0.39 is 5.97 Å². The predicted octanol–water partition coefficient (Wildman–Crippen LogP) is -1.27. The first-order chi connectivity index (χ1) is 8.13. The van der Waals surface area contributed by atoms with Gasteiger partial charge in [-0.05, 0) is 0 Å². The van der Waals surface area contributed by atoms with Crippen LogP contribution in [0.2, 0.25) is 0 Å². The number of nitrogens with two attached hydrogens (primary N) is 1. The number of nitrogens with zero attached hydrogens (tertiary/aromatic N) is 6. The molecule has 0 unspecified atom stereocenters. The lowest BCUT2D eigenvalue weighted by Crippen LogP contribution is -2.14. The third-order valence-electron chi connectivity index (χ3n) is 1.88. The summed E-state index contributed by atoms with van der Waals surface area (Å²) in [4.78, 5) is 15.1. The van der Waals surface area contributed by atoms with Crippen LogP contribution in [0, 0.1) is 0 Å². The van der Waals surface area contributed by atoms with Gasteiger partial charge in [0.05, 0.1) is 6.20 Å². The first-order valence-electron chi connectivity index (χ1n) is 4.79. The van der Waals surface area contributed by atoms with Gasteiger partial charge >= 0.3 is 5.97 Å². The first kappa shape index (κ1) is 11.0. The zero-order valence-electron chi connectivity index (χ0n) is 9.15. The van der Waals surface area contributed by atoms with Gasteiger partial charge in [-0.25, -0.2) is 9.67 Å². The topological polar surface area (TPSA) is 114 Å². The van der Waals surface area contributed by atoms with Crippen molar-refractivity contribution in [3.8, 4) is 0 Å². The molecule has 2 heterocycles. The smallest absolute Gasteiger partial charge is 0.328 e. The Hall–Kier alpha value is -2.45. The van der Waals surface area contributed by atoms with Gasteiger partial charge in [0.25, 0.3) is 0 Å². The minimum absolute atomic E-state index is 0.0372. The number of rotatable bonds is 4. The van der Waals surface area contributed by atoms with Crippen LogP contribution in [0.4, 0.5) is 5.95 Å². The Morgan fingerprint density at radius 3 is 3.00 bits per heavy atom. The fraction of sp³-hybridized carbons (Fsp3) is 0.375. The second-order valence-corrected chi connectivity index (χ2v) is 3.34. The van der Waals surface area contributed by atoms with E-state index in [1.54, 1.807) is 13.2 Å². The van der Waals surface area contributed by atoms with Crippen LogP contribution in [0.3, 0.4) is 0 Å². The molecule has 0 aliphatic rings. The van der Waals surface area contributed by atoms with E-state index in [2.05, 4.69) is 20.4 Å².